The number of nitrogens with two attached hydrogens (primary N) is 1. The lowest BCUT2D eigenvalue weighted by molar-refractivity contribution is -0.125. The summed E-state index contributed by atoms with van der Waals surface area (Å²) in [6.07, 6.45) is 1.52. The Balaban J connectivity index is 2.03. The third-order valence-electron chi connectivity index (χ3n) is 3.70. The third-order valence-corrected chi connectivity index (χ3v) is 3.70. The maximum absolute atomic E-state index is 14.0. The molecule has 0 bridgehead atoms. The van der Waals surface area contributed by atoms with Crippen LogP contribution in [0.1, 0.15) is 18.4 Å². The quantitative estimate of drug-likeness (QED) is 0.864. The van der Waals surface area contributed by atoms with Gasteiger partial charge in [-0.15, -0.1) is 0 Å². The van der Waals surface area contributed by atoms with Gasteiger partial charge in [-0.3, -0.25) is 4.79 Å². The van der Waals surface area contributed by atoms with Crippen molar-refractivity contribution in [1.82, 2.24) is 5.32 Å². The van der Waals surface area contributed by atoms with Gasteiger partial charge >= 0.3 is 0 Å². The normalized spacial score (nSPS) is 16.5. The molecule has 4 nitrogen and oxygen atoms in total. The highest BCUT2D eigenvalue weighted by atomic mass is 19.1. The van der Waals surface area contributed by atoms with E-state index in [1.165, 1.54) is 6.07 Å². The molecule has 3 N–H and O–H groups in total. The molecule has 0 unspecified atom stereocenters. The Morgan fingerprint density at radius 3 is 2.68 bits per heavy atom. The smallest absolute Gasteiger partial charge is 0.222 e. The van der Waals surface area contributed by atoms with Crippen molar-refractivity contribution in [3.8, 4) is 0 Å². The monoisotopic (exact) mass is 265 g/mol. The van der Waals surface area contributed by atoms with E-state index in [0.29, 0.717) is 25.3 Å². The largest absolute Gasteiger partial charge is 0.369 e. The molecule has 1 amide bonds. The molecule has 5 heteroatoms. The topological polar surface area (TPSA) is 58.4 Å². The minimum absolute atomic E-state index is 0.0487. The van der Waals surface area contributed by atoms with Crippen molar-refractivity contribution in [3.63, 3.8) is 0 Å². The molecule has 1 aliphatic rings. The molecule has 19 heavy (non-hydrogen) atoms. The molecule has 104 valence electrons. The van der Waals surface area contributed by atoms with E-state index in [2.05, 4.69) is 5.32 Å². The zero-order chi connectivity index (χ0) is 13.8. The van der Waals surface area contributed by atoms with E-state index in [1.807, 2.05) is 11.0 Å². The van der Waals surface area contributed by atoms with Gasteiger partial charge in [0, 0.05) is 32.6 Å². The molecule has 1 fully saturated rings. The van der Waals surface area contributed by atoms with Crippen LogP contribution in [0.15, 0.2) is 18.2 Å². The second-order valence-electron chi connectivity index (χ2n) is 4.87. The first kappa shape index (κ1) is 13.8. The van der Waals surface area contributed by atoms with Crippen LogP contribution >= 0.6 is 0 Å². The lowest BCUT2D eigenvalue weighted by Gasteiger charge is -2.33. The number of amides is 1. The molecule has 1 aromatic rings. The molecule has 1 heterocycles. The number of anilines is 1. The third kappa shape index (κ3) is 3.04. The fraction of sp³-hybridized carbons (Fsp3) is 0.500. The van der Waals surface area contributed by atoms with Gasteiger partial charge in [0.15, 0.2) is 0 Å². The summed E-state index contributed by atoms with van der Waals surface area (Å²) >= 11 is 0. The van der Waals surface area contributed by atoms with Crippen molar-refractivity contribution in [3.05, 3.63) is 29.6 Å². The Kier molecular flexibility index (Phi) is 4.37. The van der Waals surface area contributed by atoms with E-state index in [0.717, 1.165) is 18.4 Å². The van der Waals surface area contributed by atoms with Crippen molar-refractivity contribution in [2.75, 3.05) is 25.0 Å². The van der Waals surface area contributed by atoms with Crippen molar-refractivity contribution >= 4 is 11.6 Å². The number of hydrogen-bond donors (Lipinski definition) is 2. The summed E-state index contributed by atoms with van der Waals surface area (Å²) in [5, 5.41) is 2.67. The number of nitrogens with zero attached hydrogens (tertiary/aromatic N) is 1. The fourth-order valence-corrected chi connectivity index (χ4v) is 2.52. The average Bonchev–Trinajstić information content (AvgIpc) is 2.46. The molecular weight excluding hydrogens is 245 g/mol. The highest BCUT2D eigenvalue weighted by Gasteiger charge is 2.25. The van der Waals surface area contributed by atoms with Crippen LogP contribution in [0.2, 0.25) is 0 Å². The zero-order valence-electron chi connectivity index (χ0n) is 11.2. The maximum atomic E-state index is 14.0. The first-order valence-corrected chi connectivity index (χ1v) is 6.60. The molecule has 1 saturated heterocycles. The predicted molar refractivity (Wildman–Crippen MR) is 73.3 cm³/mol. The lowest BCUT2D eigenvalue weighted by atomic mass is 9.95. The SMILES string of the molecule is CNC(=O)C1CCN(c2ccc(CN)cc2F)CC1. The summed E-state index contributed by atoms with van der Waals surface area (Å²) in [7, 11) is 1.65. The van der Waals surface area contributed by atoms with Crippen LogP contribution in [0.25, 0.3) is 0 Å². The molecule has 1 aliphatic heterocycles. The van der Waals surface area contributed by atoms with Gasteiger partial charge in [0.1, 0.15) is 5.82 Å². The van der Waals surface area contributed by atoms with Crippen molar-refractivity contribution in [1.29, 1.82) is 0 Å². The van der Waals surface area contributed by atoms with Crippen LogP contribution in [0.3, 0.4) is 0 Å². The number of nitrogens with one attached hydrogen (secondary N) is 1. The molecule has 2 rings (SSSR count). The van der Waals surface area contributed by atoms with Crippen molar-refractivity contribution in [2.24, 2.45) is 11.7 Å². The minimum Gasteiger partial charge on any atom is -0.369 e. The van der Waals surface area contributed by atoms with E-state index in [9.17, 15) is 9.18 Å². The Morgan fingerprint density at radius 1 is 1.47 bits per heavy atom. The van der Waals surface area contributed by atoms with Crippen LogP contribution in [-0.4, -0.2) is 26.0 Å². The van der Waals surface area contributed by atoms with Crippen molar-refractivity contribution < 1.29 is 9.18 Å². The van der Waals surface area contributed by atoms with Gasteiger partial charge in [-0.1, -0.05) is 6.07 Å². The number of rotatable bonds is 3. The van der Waals surface area contributed by atoms with Gasteiger partial charge in [0.25, 0.3) is 0 Å². The number of halogens is 1. The molecule has 0 saturated carbocycles. The number of carbonyl (C=O) groups is 1. The highest BCUT2D eigenvalue weighted by molar-refractivity contribution is 5.78. The molecule has 0 aromatic heterocycles. The summed E-state index contributed by atoms with van der Waals surface area (Å²) in [4.78, 5) is 13.5. The van der Waals surface area contributed by atoms with Gasteiger partial charge in [0.05, 0.1) is 5.69 Å². The van der Waals surface area contributed by atoms with Crippen LogP contribution in [0, 0.1) is 11.7 Å². The van der Waals surface area contributed by atoms with Crippen molar-refractivity contribution in [2.45, 2.75) is 19.4 Å². The predicted octanol–water partition coefficient (Wildman–Crippen LogP) is 1.25. The molecule has 0 atom stereocenters. The first-order chi connectivity index (χ1) is 9.15. The van der Waals surface area contributed by atoms with Gasteiger partial charge in [-0.2, -0.15) is 0 Å². The van der Waals surface area contributed by atoms with E-state index in [-0.39, 0.29) is 17.6 Å². The summed E-state index contributed by atoms with van der Waals surface area (Å²) in [5.74, 6) is -0.104. The fourth-order valence-electron chi connectivity index (χ4n) is 2.52. The van der Waals surface area contributed by atoms with Crippen LogP contribution in [0.4, 0.5) is 10.1 Å². The summed E-state index contributed by atoms with van der Waals surface area (Å²) in [6, 6.07) is 5.11. The van der Waals surface area contributed by atoms with Gasteiger partial charge < -0.3 is 16.0 Å². The number of carbonyl (C=O) groups excluding carboxylic acids is 1. The summed E-state index contributed by atoms with van der Waals surface area (Å²) < 4.78 is 14.0. The maximum Gasteiger partial charge on any atom is 0.222 e. The summed E-state index contributed by atoms with van der Waals surface area (Å²) in [6.45, 7) is 1.75. The average molecular weight is 265 g/mol. The van der Waals surface area contributed by atoms with Gasteiger partial charge in [-0.25, -0.2) is 4.39 Å². The lowest BCUT2D eigenvalue weighted by Crippen LogP contribution is -2.39. The minimum atomic E-state index is -0.235. The van der Waals surface area contributed by atoms with E-state index < -0.39 is 0 Å². The molecular formula is C14H20FN3O. The number of benzene rings is 1. The Bertz CT molecular complexity index is 456. The molecule has 0 aliphatic carbocycles. The Hall–Kier alpha value is -1.62. The molecule has 0 radical (unpaired) electrons. The van der Waals surface area contributed by atoms with Gasteiger partial charge in [0.2, 0.25) is 5.91 Å². The van der Waals surface area contributed by atoms with Gasteiger partial charge in [-0.05, 0) is 30.5 Å². The van der Waals surface area contributed by atoms with Crippen LogP contribution < -0.4 is 16.0 Å². The second-order valence-corrected chi connectivity index (χ2v) is 4.87. The standard InChI is InChI=1S/C14H20FN3O/c1-17-14(19)11-4-6-18(7-5-11)13-3-2-10(9-16)8-12(13)15/h2-3,8,11H,4-7,9,16H2,1H3,(H,17,19). The Morgan fingerprint density at radius 2 is 2.16 bits per heavy atom. The Labute approximate surface area is 112 Å². The number of piperidine rings is 1. The highest BCUT2D eigenvalue weighted by Crippen LogP contribution is 2.26. The molecule has 0 spiro atoms. The van der Waals surface area contributed by atoms with E-state index >= 15 is 0 Å². The van der Waals surface area contributed by atoms with E-state index in [1.54, 1.807) is 13.1 Å². The zero-order valence-corrected chi connectivity index (χ0v) is 11.2. The van der Waals surface area contributed by atoms with Crippen LogP contribution in [-0.2, 0) is 11.3 Å². The van der Waals surface area contributed by atoms with Crippen LogP contribution in [0.5, 0.6) is 0 Å². The summed E-state index contributed by atoms with van der Waals surface area (Å²) in [5.41, 5.74) is 6.89. The molecule has 1 aromatic carbocycles. The number of hydrogen-bond acceptors (Lipinski definition) is 3. The second kappa shape index (κ2) is 6.02. The first-order valence-electron chi connectivity index (χ1n) is 6.60. The van der Waals surface area contributed by atoms with E-state index in [4.69, 9.17) is 5.73 Å².